The monoisotopic (exact) mass is 1170 g/mol. The number of aliphatic hydroxyl groups is 21. The van der Waals surface area contributed by atoms with Gasteiger partial charge in [-0.3, -0.25) is 0 Å². The van der Waals surface area contributed by atoms with Gasteiger partial charge in [-0.15, -0.1) is 0 Å². The van der Waals surface area contributed by atoms with Crippen LogP contribution in [0, 0.1) is 0 Å². The molecule has 0 aliphatic carbocycles. The third-order valence-electron chi connectivity index (χ3n) is 14.1. The van der Waals surface area contributed by atoms with Crippen molar-refractivity contribution in [2.45, 2.75) is 190 Å². The molecule has 78 heavy (non-hydrogen) atoms. The zero-order valence-electron chi connectivity index (χ0n) is 41.4. The van der Waals surface area contributed by atoms with Gasteiger partial charge in [0.2, 0.25) is 0 Å². The maximum absolute atomic E-state index is 11.4. The molecule has 0 bridgehead atoms. The Morgan fingerprint density at radius 3 is 0.808 bits per heavy atom. The van der Waals surface area contributed by atoms with Crippen LogP contribution in [0.25, 0.3) is 0 Å². The molecule has 6 saturated heterocycles. The standard InChI is InChI=1S/C42H74N2O33S/c1-43-41(78)44-42(8-66-35-29(63)23(57)32(14(5-48)72-35)75-38-26(60)20(54)17(51)11(2-45)69-38,9-67-36-30(64)24(58)33(15(6-49)73-36)76-39-27(61)21(55)18(52)12(3-46)70-39)10-68-37-31(65)25(59)34(16(7-50)74-37)77-40-28(62)22(56)19(53)13(4-47)71-40/h11-40,45-65H,2-10H2,1H3,(H2,43,44,78)/t11?,12?,13?,14?,15?,16?,17-,18-,19-,20-,21-,22-,23+,24+,25+,26?,27?,28?,29?,30?,31?,32+,33+,34+,35+,36+,37+,38-,39-,40-,42?/m0/s1. The van der Waals surface area contributed by atoms with Gasteiger partial charge in [0.15, 0.2) is 42.9 Å². The average molecular weight is 1170 g/mol. The molecule has 12 unspecified atom stereocenters. The van der Waals surface area contributed by atoms with Crippen molar-refractivity contribution in [2.24, 2.45) is 0 Å². The van der Waals surface area contributed by atoms with Crippen molar-refractivity contribution in [1.29, 1.82) is 0 Å². The number of thiocarbonyl (C=S) groups is 1. The molecule has 36 heteroatoms. The molecule has 6 aliphatic rings. The van der Waals surface area contributed by atoms with E-state index in [1.807, 2.05) is 0 Å². The molecule has 6 aliphatic heterocycles. The minimum absolute atomic E-state index is 0.255. The van der Waals surface area contributed by atoms with E-state index in [-0.39, 0.29) is 5.11 Å². The Bertz CT molecular complexity index is 1640. The summed E-state index contributed by atoms with van der Waals surface area (Å²) in [5.74, 6) is 0. The predicted octanol–water partition coefficient (Wildman–Crippen LogP) is -15.3. The molecule has 0 saturated carbocycles. The summed E-state index contributed by atoms with van der Waals surface area (Å²) in [7, 11) is 1.34. The fourth-order valence-electron chi connectivity index (χ4n) is 9.34. The first-order chi connectivity index (χ1) is 36.9. The lowest BCUT2D eigenvalue weighted by atomic mass is 9.96. The summed E-state index contributed by atoms with van der Waals surface area (Å²) in [4.78, 5) is 0. The maximum Gasteiger partial charge on any atom is 0.187 e. The minimum atomic E-state index is -2.15. The lowest BCUT2D eigenvalue weighted by molar-refractivity contribution is -0.367. The molecule has 0 aromatic heterocycles. The van der Waals surface area contributed by atoms with E-state index in [0.717, 1.165) is 0 Å². The summed E-state index contributed by atoms with van der Waals surface area (Å²) in [5, 5.41) is 227. The summed E-state index contributed by atoms with van der Waals surface area (Å²) in [6, 6.07) is 0. The van der Waals surface area contributed by atoms with Crippen LogP contribution in [0.3, 0.4) is 0 Å². The van der Waals surface area contributed by atoms with E-state index in [9.17, 15) is 107 Å². The molecule has 6 rings (SSSR count). The van der Waals surface area contributed by atoms with E-state index in [2.05, 4.69) is 10.6 Å². The van der Waals surface area contributed by atoms with Gasteiger partial charge in [0, 0.05) is 7.05 Å². The van der Waals surface area contributed by atoms with Gasteiger partial charge in [0.05, 0.1) is 59.5 Å². The van der Waals surface area contributed by atoms with Crippen molar-refractivity contribution < 1.29 is 164 Å². The molecule has 0 radical (unpaired) electrons. The third-order valence-corrected chi connectivity index (χ3v) is 14.4. The molecule has 23 N–H and O–H groups in total. The second kappa shape index (κ2) is 28.8. The fourth-order valence-corrected chi connectivity index (χ4v) is 9.56. The zero-order chi connectivity index (χ0) is 57.7. The summed E-state index contributed by atoms with van der Waals surface area (Å²) >= 11 is 5.42. The first-order valence-corrected chi connectivity index (χ1v) is 25.0. The molecule has 456 valence electrons. The molecular weight excluding hydrogens is 1090 g/mol. The first-order valence-electron chi connectivity index (χ1n) is 24.6. The molecule has 6 fully saturated rings. The quantitative estimate of drug-likeness (QED) is 0.0448. The molecular formula is C42H74N2O33S. The van der Waals surface area contributed by atoms with Crippen LogP contribution < -0.4 is 10.6 Å². The maximum atomic E-state index is 11.4. The number of ether oxygens (including phenoxy) is 12. The molecule has 0 spiro atoms. The highest BCUT2D eigenvalue weighted by Crippen LogP contribution is 2.35. The van der Waals surface area contributed by atoms with E-state index in [1.165, 1.54) is 7.05 Å². The Hall–Kier alpha value is -1.63. The van der Waals surface area contributed by atoms with Crippen molar-refractivity contribution in [3.05, 3.63) is 0 Å². The molecule has 35 nitrogen and oxygen atoms in total. The van der Waals surface area contributed by atoms with Crippen molar-refractivity contribution in [2.75, 3.05) is 66.5 Å². The van der Waals surface area contributed by atoms with Crippen LogP contribution in [0.15, 0.2) is 0 Å². The van der Waals surface area contributed by atoms with Gasteiger partial charge in [0.25, 0.3) is 0 Å². The lowest BCUT2D eigenvalue weighted by Gasteiger charge is -2.48. The Morgan fingerprint density at radius 1 is 0.346 bits per heavy atom. The predicted molar refractivity (Wildman–Crippen MR) is 245 cm³/mol. The molecule has 30 atom stereocenters. The summed E-state index contributed by atoms with van der Waals surface area (Å²) < 4.78 is 68.2. The topological polar surface area (TPSA) is 560 Å². The Balaban J connectivity index is 1.25. The first kappa shape index (κ1) is 65.5. The number of hydrogen-bond donors (Lipinski definition) is 23. The highest BCUT2D eigenvalue weighted by molar-refractivity contribution is 7.80. The van der Waals surface area contributed by atoms with Crippen LogP contribution in [0.5, 0.6) is 0 Å². The lowest BCUT2D eigenvalue weighted by Crippen LogP contribution is -2.67. The minimum Gasteiger partial charge on any atom is -0.394 e. The van der Waals surface area contributed by atoms with Crippen molar-refractivity contribution >= 4 is 17.3 Å². The van der Waals surface area contributed by atoms with Crippen molar-refractivity contribution in [3.63, 3.8) is 0 Å². The van der Waals surface area contributed by atoms with E-state index >= 15 is 0 Å². The van der Waals surface area contributed by atoms with E-state index in [0.29, 0.717) is 0 Å². The van der Waals surface area contributed by atoms with Gasteiger partial charge in [-0.1, -0.05) is 0 Å². The van der Waals surface area contributed by atoms with E-state index in [1.54, 1.807) is 0 Å². The summed E-state index contributed by atoms with van der Waals surface area (Å²) in [6.45, 7) is -8.29. The Kier molecular flexibility index (Phi) is 24.2. The number of hydrogen-bond acceptors (Lipinski definition) is 34. The van der Waals surface area contributed by atoms with Gasteiger partial charge in [0.1, 0.15) is 152 Å². The van der Waals surface area contributed by atoms with Gasteiger partial charge >= 0.3 is 0 Å². The average Bonchev–Trinajstić information content (AvgIpc) is 3.44. The van der Waals surface area contributed by atoms with Gasteiger partial charge in [-0.25, -0.2) is 0 Å². The fraction of sp³-hybridized carbons (Fsp3) is 0.976. The number of rotatable bonds is 22. The summed E-state index contributed by atoms with van der Waals surface area (Å²) in [6.07, 6.45) is -56.2. The van der Waals surface area contributed by atoms with E-state index in [4.69, 9.17) is 69.1 Å². The largest absolute Gasteiger partial charge is 0.394 e. The molecule has 0 aromatic carbocycles. The smallest absolute Gasteiger partial charge is 0.187 e. The van der Waals surface area contributed by atoms with Gasteiger partial charge in [-0.05, 0) is 12.2 Å². The van der Waals surface area contributed by atoms with Crippen LogP contribution in [-0.4, -0.2) is 369 Å². The van der Waals surface area contributed by atoms with Gasteiger partial charge < -0.3 is 175 Å². The molecule has 0 aromatic rings. The zero-order valence-corrected chi connectivity index (χ0v) is 42.2. The second-order valence-corrected chi connectivity index (χ2v) is 19.8. The van der Waals surface area contributed by atoms with Crippen LogP contribution >= 0.6 is 12.2 Å². The van der Waals surface area contributed by atoms with E-state index < -0.39 is 249 Å². The second-order valence-electron chi connectivity index (χ2n) is 19.4. The Labute approximate surface area is 447 Å². The van der Waals surface area contributed by atoms with Crippen LogP contribution in [0.1, 0.15) is 0 Å². The van der Waals surface area contributed by atoms with Crippen LogP contribution in [0.4, 0.5) is 0 Å². The van der Waals surface area contributed by atoms with Crippen LogP contribution in [-0.2, 0) is 56.8 Å². The third kappa shape index (κ3) is 14.3. The van der Waals surface area contributed by atoms with Crippen molar-refractivity contribution in [1.82, 2.24) is 10.6 Å². The molecule has 0 amide bonds. The SMILES string of the molecule is CNC(=S)NC(CO[C@@H]1OC(CO)[C@@H](O[C@@H]2OC(CO)[C@H](O)[C@H](O)C2O)[C@H](O)C1O)(CO[C@@H]1OC(CO)[C@@H](O[C@@H]2OC(CO)[C@H](O)[C@H](O)C2O)[C@H](O)C1O)CO[C@@H]1OC(CO)[C@@H](O[C@@H]2OC(CO)[C@H](O)[C@H](O)C2O)[C@H](O)C1O. The van der Waals surface area contributed by atoms with Crippen molar-refractivity contribution in [3.8, 4) is 0 Å². The normalized spacial score (nSPS) is 48.2. The van der Waals surface area contributed by atoms with Crippen LogP contribution in [0.2, 0.25) is 0 Å². The van der Waals surface area contributed by atoms with Gasteiger partial charge in [-0.2, -0.15) is 0 Å². The Morgan fingerprint density at radius 2 is 0.577 bits per heavy atom. The highest BCUT2D eigenvalue weighted by atomic mass is 32.1. The number of nitrogens with one attached hydrogen (secondary N) is 2. The number of aliphatic hydroxyl groups excluding tert-OH is 21. The molecule has 6 heterocycles. The highest BCUT2D eigenvalue weighted by Gasteiger charge is 2.56. The summed E-state index contributed by atoms with van der Waals surface area (Å²) in [5.41, 5.74) is -2.12.